The number of anilines is 2. The first-order valence-electron chi connectivity index (χ1n) is 10.6. The molecule has 3 aromatic rings. The van der Waals surface area contributed by atoms with Crippen LogP contribution in [-0.4, -0.2) is 59.3 Å². The zero-order chi connectivity index (χ0) is 24.1. The molecule has 0 atom stereocenters. The van der Waals surface area contributed by atoms with Gasteiger partial charge in [-0.2, -0.15) is 18.3 Å². The summed E-state index contributed by atoms with van der Waals surface area (Å²) in [7, 11) is 0. The number of halogens is 3. The Morgan fingerprint density at radius 1 is 0.971 bits per heavy atom. The van der Waals surface area contributed by atoms with Gasteiger partial charge in [0.15, 0.2) is 0 Å². The third-order valence-electron chi connectivity index (χ3n) is 5.48. The van der Waals surface area contributed by atoms with Crippen molar-refractivity contribution in [2.24, 2.45) is 0 Å². The highest BCUT2D eigenvalue weighted by Crippen LogP contribution is 2.33. The molecule has 2 aromatic carbocycles. The van der Waals surface area contributed by atoms with Crippen molar-refractivity contribution >= 4 is 23.3 Å². The van der Waals surface area contributed by atoms with Gasteiger partial charge in [0.1, 0.15) is 0 Å². The Morgan fingerprint density at radius 3 is 2.35 bits per heavy atom. The Kier molecular flexibility index (Phi) is 6.71. The number of carbonyl (C=O) groups is 2. The maximum atomic E-state index is 13.2. The molecular formula is C23H23F3N6O2. The van der Waals surface area contributed by atoms with E-state index in [0.717, 1.165) is 17.8 Å². The minimum absolute atomic E-state index is 0.0834. The van der Waals surface area contributed by atoms with Crippen molar-refractivity contribution in [3.05, 3.63) is 72.6 Å². The van der Waals surface area contributed by atoms with Gasteiger partial charge in [-0.25, -0.2) is 9.48 Å². The van der Waals surface area contributed by atoms with Gasteiger partial charge in [-0.15, -0.1) is 0 Å². The van der Waals surface area contributed by atoms with Crippen molar-refractivity contribution in [2.45, 2.75) is 6.18 Å². The molecule has 0 bridgehead atoms. The zero-order valence-electron chi connectivity index (χ0n) is 18.1. The van der Waals surface area contributed by atoms with E-state index in [1.54, 1.807) is 17.2 Å². The Morgan fingerprint density at radius 2 is 1.71 bits per heavy atom. The number of piperazine rings is 1. The second-order valence-electron chi connectivity index (χ2n) is 7.69. The second kappa shape index (κ2) is 9.86. The lowest BCUT2D eigenvalue weighted by atomic mass is 10.1. The summed E-state index contributed by atoms with van der Waals surface area (Å²) in [5.74, 6) is -0.265. The molecule has 1 aliphatic rings. The fraction of sp³-hybridized carbons (Fsp3) is 0.261. The van der Waals surface area contributed by atoms with Gasteiger partial charge in [0.25, 0.3) is 0 Å². The Bertz CT molecular complexity index is 1130. The summed E-state index contributed by atoms with van der Waals surface area (Å²) in [4.78, 5) is 28.8. The van der Waals surface area contributed by atoms with Crippen molar-refractivity contribution < 1.29 is 22.8 Å². The number of carbonyl (C=O) groups excluding carboxylic acids is 2. The maximum absolute atomic E-state index is 13.2. The molecule has 8 nitrogen and oxygen atoms in total. The zero-order valence-corrected chi connectivity index (χ0v) is 18.1. The van der Waals surface area contributed by atoms with Crippen LogP contribution in [0.5, 0.6) is 0 Å². The SMILES string of the molecule is O=C(NCC(=O)N1CCN(c2ccccc2)CC1)Nc1cc(C(F)(F)F)ccc1-n1cccn1. The van der Waals surface area contributed by atoms with Gasteiger partial charge in [-0.05, 0) is 36.4 Å². The number of benzene rings is 2. The van der Waals surface area contributed by atoms with Crippen LogP contribution in [0.3, 0.4) is 0 Å². The molecule has 0 saturated carbocycles. The van der Waals surface area contributed by atoms with Crippen molar-refractivity contribution in [1.82, 2.24) is 20.0 Å². The van der Waals surface area contributed by atoms with E-state index >= 15 is 0 Å². The smallest absolute Gasteiger partial charge is 0.368 e. The van der Waals surface area contributed by atoms with E-state index in [2.05, 4.69) is 20.6 Å². The van der Waals surface area contributed by atoms with Crippen molar-refractivity contribution in [3.63, 3.8) is 0 Å². The monoisotopic (exact) mass is 472 g/mol. The average molecular weight is 472 g/mol. The molecule has 11 heteroatoms. The number of alkyl halides is 3. The van der Waals surface area contributed by atoms with Crippen molar-refractivity contribution in [3.8, 4) is 5.69 Å². The number of urea groups is 1. The van der Waals surface area contributed by atoms with Gasteiger partial charge in [0.05, 0.1) is 23.5 Å². The first-order valence-corrected chi connectivity index (χ1v) is 10.6. The lowest BCUT2D eigenvalue weighted by molar-refractivity contribution is -0.137. The van der Waals surface area contributed by atoms with Crippen molar-refractivity contribution in [1.29, 1.82) is 0 Å². The number of para-hydroxylation sites is 1. The van der Waals surface area contributed by atoms with Crippen molar-refractivity contribution in [2.75, 3.05) is 42.9 Å². The molecule has 2 N–H and O–H groups in total. The summed E-state index contributed by atoms with van der Waals surface area (Å²) >= 11 is 0. The van der Waals surface area contributed by atoms with Crippen LogP contribution >= 0.6 is 0 Å². The van der Waals surface area contributed by atoms with Crippen LogP contribution in [0, 0.1) is 0 Å². The largest absolute Gasteiger partial charge is 0.416 e. The van der Waals surface area contributed by atoms with Gasteiger partial charge in [-0.1, -0.05) is 18.2 Å². The molecule has 1 fully saturated rings. The van der Waals surface area contributed by atoms with Gasteiger partial charge in [0.2, 0.25) is 5.91 Å². The number of hydrogen-bond donors (Lipinski definition) is 2. The average Bonchev–Trinajstić information content (AvgIpc) is 3.37. The molecule has 0 aliphatic carbocycles. The highest BCUT2D eigenvalue weighted by molar-refractivity contribution is 5.94. The predicted molar refractivity (Wildman–Crippen MR) is 121 cm³/mol. The highest BCUT2D eigenvalue weighted by Gasteiger charge is 2.31. The molecule has 3 amide bonds. The Hall–Kier alpha value is -4.02. The number of hydrogen-bond acceptors (Lipinski definition) is 4. The number of amides is 3. The van der Waals surface area contributed by atoms with E-state index in [1.165, 1.54) is 16.9 Å². The fourth-order valence-electron chi connectivity index (χ4n) is 3.71. The van der Waals surface area contributed by atoms with E-state index in [9.17, 15) is 22.8 Å². The number of rotatable bonds is 5. The number of nitrogens with zero attached hydrogens (tertiary/aromatic N) is 4. The van der Waals surface area contributed by atoms with E-state index in [0.29, 0.717) is 26.2 Å². The minimum Gasteiger partial charge on any atom is -0.368 e. The van der Waals surface area contributed by atoms with Crippen LogP contribution in [0.2, 0.25) is 0 Å². The summed E-state index contributed by atoms with van der Waals surface area (Å²) in [6, 6.07) is 13.7. The van der Waals surface area contributed by atoms with Crippen LogP contribution in [0.4, 0.5) is 29.3 Å². The van der Waals surface area contributed by atoms with E-state index in [1.807, 2.05) is 30.3 Å². The minimum atomic E-state index is -4.58. The van der Waals surface area contributed by atoms with Crippen LogP contribution in [0.1, 0.15) is 5.56 Å². The molecule has 1 aliphatic heterocycles. The summed E-state index contributed by atoms with van der Waals surface area (Å²) < 4.78 is 40.9. The maximum Gasteiger partial charge on any atom is 0.416 e. The molecule has 1 saturated heterocycles. The molecule has 0 spiro atoms. The van der Waals surface area contributed by atoms with Gasteiger partial charge >= 0.3 is 12.2 Å². The number of aromatic nitrogens is 2. The van der Waals surface area contributed by atoms with Crippen LogP contribution in [-0.2, 0) is 11.0 Å². The lowest BCUT2D eigenvalue weighted by Gasteiger charge is -2.36. The second-order valence-corrected chi connectivity index (χ2v) is 7.69. The molecule has 178 valence electrons. The normalized spacial score (nSPS) is 14.1. The van der Waals surface area contributed by atoms with E-state index in [4.69, 9.17) is 0 Å². The summed E-state index contributed by atoms with van der Waals surface area (Å²) in [6.07, 6.45) is -1.56. The van der Waals surface area contributed by atoms with Crippen LogP contribution in [0.15, 0.2) is 67.0 Å². The van der Waals surface area contributed by atoms with Crippen LogP contribution < -0.4 is 15.5 Å². The molecule has 1 aromatic heterocycles. The molecule has 2 heterocycles. The summed E-state index contributed by atoms with van der Waals surface area (Å²) in [5.41, 5.74) is 0.351. The summed E-state index contributed by atoms with van der Waals surface area (Å²) in [5, 5.41) is 8.85. The van der Waals surface area contributed by atoms with Gasteiger partial charge in [0, 0.05) is 44.3 Å². The Balaban J connectivity index is 1.34. The first-order chi connectivity index (χ1) is 16.3. The Labute approximate surface area is 194 Å². The molecule has 34 heavy (non-hydrogen) atoms. The summed E-state index contributed by atoms with van der Waals surface area (Å²) in [6.45, 7) is 2.08. The topological polar surface area (TPSA) is 82.5 Å². The third-order valence-corrected chi connectivity index (χ3v) is 5.48. The standard InChI is InChI=1S/C23H23F3N6O2/c24-23(25,26)17-7-8-20(32-10-4-9-28-32)19(15-17)29-22(34)27-16-21(33)31-13-11-30(12-14-31)18-5-2-1-3-6-18/h1-10,15H,11-14,16H2,(H2,27,29,34). The van der Waals surface area contributed by atoms with Crippen LogP contribution in [0.25, 0.3) is 5.69 Å². The predicted octanol–water partition coefficient (Wildman–Crippen LogP) is 3.36. The fourth-order valence-corrected chi connectivity index (χ4v) is 3.71. The van der Waals surface area contributed by atoms with Gasteiger partial charge in [-0.3, -0.25) is 4.79 Å². The first kappa shape index (κ1) is 23.1. The molecule has 4 rings (SSSR count). The molecule has 0 unspecified atom stereocenters. The highest BCUT2D eigenvalue weighted by atomic mass is 19.4. The molecule has 0 radical (unpaired) electrons. The lowest BCUT2D eigenvalue weighted by Crippen LogP contribution is -2.51. The van der Waals surface area contributed by atoms with Gasteiger partial charge < -0.3 is 20.4 Å². The van der Waals surface area contributed by atoms with E-state index < -0.39 is 17.8 Å². The van der Waals surface area contributed by atoms with E-state index in [-0.39, 0.29) is 23.8 Å². The third kappa shape index (κ3) is 5.48. The number of nitrogens with one attached hydrogen (secondary N) is 2. The molecular weight excluding hydrogens is 449 g/mol. The quantitative estimate of drug-likeness (QED) is 0.597.